The summed E-state index contributed by atoms with van der Waals surface area (Å²) in [7, 11) is -1.44. The zero-order valence-corrected chi connectivity index (χ0v) is 49.1. The number of carbonyl (C=O) groups is 6. The number of hydrogen-bond donors (Lipinski definition) is 7. The summed E-state index contributed by atoms with van der Waals surface area (Å²) in [5, 5.41) is 34.6. The van der Waals surface area contributed by atoms with Crippen LogP contribution in [0, 0.1) is 20.8 Å². The number of carboxylic acids is 1. The minimum absolute atomic E-state index is 0.0516. The molecule has 3 aromatic rings. The fourth-order valence-electron chi connectivity index (χ4n) is 6.91. The maximum atomic E-state index is 12.2. The number of aliphatic carboxylic acids is 1. The van der Waals surface area contributed by atoms with Gasteiger partial charge in [-0.25, -0.2) is 0 Å². The van der Waals surface area contributed by atoms with E-state index in [1.165, 1.54) is 0 Å². The Labute approximate surface area is 458 Å². The van der Waals surface area contributed by atoms with Gasteiger partial charge >= 0.3 is 32.0 Å². The highest BCUT2D eigenvalue weighted by atomic mass is 79.9. The van der Waals surface area contributed by atoms with Gasteiger partial charge in [0.2, 0.25) is 5.24 Å². The second-order valence-corrected chi connectivity index (χ2v) is 21.6. The van der Waals surface area contributed by atoms with Gasteiger partial charge in [-0.05, 0) is 163 Å². The van der Waals surface area contributed by atoms with Crippen molar-refractivity contribution in [1.82, 2.24) is 10.5 Å². The number of Topliss-reactive ketones (excluding diaryl/α,β-unsaturated/α-hetero) is 2. The van der Waals surface area contributed by atoms with Crippen LogP contribution in [0.15, 0.2) is 54.6 Å². The SMILES string of the molecule is CB(O)N[C@H](CC(=O)OC(C)(C)C)Cc1cc(CC(=O)CBr)ccc1C.CB(O)N[C@H](CC(=O)OC(C)(C)C)Cc1cc(N)ccc1C.Cc1ccc(CC(=O)CBr)cc1C[C@H](N)CC(=O)O.O=C(Cl)CBr. The van der Waals surface area contributed by atoms with Crippen LogP contribution in [0.4, 0.5) is 5.69 Å². The molecule has 72 heavy (non-hydrogen) atoms. The largest absolute Gasteiger partial charge is 0.481 e. The molecule has 0 aromatic heterocycles. The Hall–Kier alpha value is -3.46. The molecule has 0 heterocycles. The first-order valence-corrected chi connectivity index (χ1v) is 27.2. The van der Waals surface area contributed by atoms with Crippen molar-refractivity contribution in [3.63, 3.8) is 0 Å². The third-order valence-electron chi connectivity index (χ3n) is 9.88. The number of benzene rings is 3. The van der Waals surface area contributed by atoms with E-state index in [9.17, 15) is 38.8 Å². The first-order chi connectivity index (χ1) is 33.2. The number of hydrogen-bond acceptors (Lipinski definition) is 14. The van der Waals surface area contributed by atoms with Crippen LogP contribution in [-0.4, -0.2) is 109 Å². The molecule has 0 aliphatic heterocycles. The average Bonchev–Trinajstić information content (AvgIpc) is 3.23. The number of ketones is 2. The van der Waals surface area contributed by atoms with E-state index in [-0.39, 0.29) is 65.4 Å². The maximum absolute atomic E-state index is 12.2. The van der Waals surface area contributed by atoms with Gasteiger partial charge in [0.05, 0.1) is 35.3 Å². The van der Waals surface area contributed by atoms with Crippen molar-refractivity contribution >= 4 is 114 Å². The predicted molar refractivity (Wildman–Crippen MR) is 301 cm³/mol. The van der Waals surface area contributed by atoms with Crippen LogP contribution in [0.1, 0.15) is 105 Å². The zero-order valence-electron chi connectivity index (χ0n) is 43.6. The zero-order chi connectivity index (χ0) is 55.5. The van der Waals surface area contributed by atoms with Crippen LogP contribution in [0.25, 0.3) is 0 Å². The molecule has 3 atom stereocenters. The highest BCUT2D eigenvalue weighted by Gasteiger charge is 2.25. The van der Waals surface area contributed by atoms with Crippen LogP contribution in [0.5, 0.6) is 0 Å². The Balaban J connectivity index is 0.00000101. The predicted octanol–water partition coefficient (Wildman–Crippen LogP) is 7.76. The van der Waals surface area contributed by atoms with Crippen molar-refractivity contribution in [1.29, 1.82) is 0 Å². The number of rotatable bonds is 23. The summed E-state index contributed by atoms with van der Waals surface area (Å²) in [4.78, 5) is 67.4. The number of nitrogens with two attached hydrogens (primary N) is 2. The van der Waals surface area contributed by atoms with E-state index in [2.05, 4.69) is 58.2 Å². The molecule has 0 saturated carbocycles. The molecule has 0 aliphatic rings. The normalized spacial score (nSPS) is 12.2. The van der Waals surface area contributed by atoms with Crippen molar-refractivity contribution in [2.24, 2.45) is 5.73 Å². The van der Waals surface area contributed by atoms with E-state index in [0.29, 0.717) is 48.5 Å². The van der Waals surface area contributed by atoms with Crippen molar-refractivity contribution < 1.29 is 53.4 Å². The lowest BCUT2D eigenvalue weighted by atomic mass is 9.85. The molecule has 0 amide bonds. The van der Waals surface area contributed by atoms with Gasteiger partial charge in [-0.15, -0.1) is 0 Å². The number of ether oxygens (including phenoxy) is 2. The average molecular weight is 1220 g/mol. The topological polar surface area (TPSA) is 258 Å². The highest BCUT2D eigenvalue weighted by molar-refractivity contribution is 9.09. The van der Waals surface area contributed by atoms with E-state index in [1.54, 1.807) is 13.6 Å². The van der Waals surface area contributed by atoms with Gasteiger partial charge in [-0.3, -0.25) is 28.8 Å². The molecule has 400 valence electrons. The third kappa shape index (κ3) is 34.1. The minimum atomic E-state index is -0.893. The lowest BCUT2D eigenvalue weighted by molar-refractivity contribution is -0.156. The van der Waals surface area contributed by atoms with E-state index in [1.807, 2.05) is 117 Å². The van der Waals surface area contributed by atoms with Crippen LogP contribution in [0.3, 0.4) is 0 Å². The van der Waals surface area contributed by atoms with Gasteiger partial charge in [0, 0.05) is 36.7 Å². The number of carboxylic acid groups (broad SMARTS) is 1. The quantitative estimate of drug-likeness (QED) is 0.0157. The van der Waals surface area contributed by atoms with Gasteiger partial charge in [0.15, 0.2) is 0 Å². The smallest absolute Gasteiger partial charge is 0.373 e. The molecule has 3 aromatic carbocycles. The number of nitrogen functional groups attached to an aromatic ring is 1. The number of nitrogens with one attached hydrogen (secondary N) is 2. The fraction of sp³-hybridized carbons (Fsp3) is 0.529. The minimum Gasteiger partial charge on any atom is -0.481 e. The molecule has 21 heteroatoms. The van der Waals surface area contributed by atoms with Crippen molar-refractivity contribution in [2.45, 2.75) is 157 Å². The molecule has 0 fully saturated rings. The summed E-state index contributed by atoms with van der Waals surface area (Å²) in [6, 6.07) is 16.6. The summed E-state index contributed by atoms with van der Waals surface area (Å²) in [5.74, 6) is -1.25. The lowest BCUT2D eigenvalue weighted by Gasteiger charge is -2.24. The molecule has 3 rings (SSSR count). The summed E-state index contributed by atoms with van der Waals surface area (Å²) in [6.45, 7) is 20.2. The highest BCUT2D eigenvalue weighted by Crippen LogP contribution is 2.20. The fourth-order valence-corrected chi connectivity index (χ4v) is 7.31. The van der Waals surface area contributed by atoms with Crippen LogP contribution in [-0.2, 0) is 70.3 Å². The molecular weight excluding hydrogens is 1140 g/mol. The van der Waals surface area contributed by atoms with Crippen molar-refractivity contribution in [3.05, 3.63) is 99.1 Å². The first-order valence-electron chi connectivity index (χ1n) is 23.5. The summed E-state index contributed by atoms with van der Waals surface area (Å²) < 4.78 is 10.8. The van der Waals surface area contributed by atoms with Gasteiger partial charge in [0.1, 0.15) is 22.8 Å². The van der Waals surface area contributed by atoms with E-state index >= 15 is 0 Å². The Morgan fingerprint density at radius 3 is 1.29 bits per heavy atom. The van der Waals surface area contributed by atoms with Crippen molar-refractivity contribution in [2.75, 3.05) is 21.7 Å². The molecule has 9 N–H and O–H groups in total. The molecule has 0 bridgehead atoms. The third-order valence-corrected chi connectivity index (χ3v) is 12.1. The second-order valence-electron chi connectivity index (χ2n) is 19.5. The van der Waals surface area contributed by atoms with Gasteiger partial charge in [-0.1, -0.05) is 90.3 Å². The molecule has 15 nitrogen and oxygen atoms in total. The molecular formula is C51H76B2Br3ClN4O11. The van der Waals surface area contributed by atoms with E-state index in [0.717, 1.165) is 44.5 Å². The monoisotopic (exact) mass is 1210 g/mol. The van der Waals surface area contributed by atoms with Crippen molar-refractivity contribution in [3.8, 4) is 0 Å². The number of aryl methyl sites for hydroxylation is 3. The second kappa shape index (κ2) is 34.9. The molecule has 0 spiro atoms. The van der Waals surface area contributed by atoms with Gasteiger partial charge in [-0.2, -0.15) is 0 Å². The summed E-state index contributed by atoms with van der Waals surface area (Å²) >= 11 is 13.9. The van der Waals surface area contributed by atoms with Gasteiger partial charge in [0.25, 0.3) is 0 Å². The number of alkyl halides is 3. The maximum Gasteiger partial charge on any atom is 0.373 e. The Morgan fingerprint density at radius 2 is 0.972 bits per heavy atom. The Kier molecular flexibility index (Phi) is 33.2. The Morgan fingerprint density at radius 1 is 0.625 bits per heavy atom. The Bertz CT molecular complexity index is 2210. The standard InChI is InChI=1S/C19H29BBrNO4.C16H27BN2O3.C14H18BrNO3.C2H2BrClO/c1-13-6-7-14(9-17(23)12-21)8-15(13)10-16(22-20(5)25)11-18(24)26-19(2,3)4;1-11-6-7-13(18)8-12(11)9-14(19-17(5)21)10-15(20)22-16(2,3)4;1-9-2-3-10(5-13(17)8-15)4-11(9)6-12(16)7-14(18)19;3-1-2(4)5/h6-8,16,22,25H,9-12H2,1-5H3;6-8,14,19,21H,9-10,18H2,1-5H3;2-4,12H,5-8,16H2,1H3,(H,18,19);1H2/t16-;14-;12-;/m000./s1. The molecule has 0 radical (unpaired) electrons. The van der Waals surface area contributed by atoms with E-state index < -0.39 is 37.3 Å². The van der Waals surface area contributed by atoms with Crippen LogP contribution >= 0.6 is 59.4 Å². The number of esters is 2. The number of carbonyl (C=O) groups excluding carboxylic acids is 5. The van der Waals surface area contributed by atoms with Crippen LogP contribution in [0.2, 0.25) is 13.6 Å². The molecule has 0 aliphatic carbocycles. The lowest BCUT2D eigenvalue weighted by Crippen LogP contribution is -2.43. The first kappa shape index (κ1) is 68.5. The number of anilines is 1. The van der Waals surface area contributed by atoms with Crippen LogP contribution < -0.4 is 21.9 Å². The molecule has 0 saturated heterocycles. The summed E-state index contributed by atoms with van der Waals surface area (Å²) in [6.07, 6.45) is 2.72. The van der Waals surface area contributed by atoms with Gasteiger partial charge < -0.3 is 46.6 Å². The summed E-state index contributed by atoms with van der Waals surface area (Å²) in [5.41, 5.74) is 19.5. The molecule has 0 unspecified atom stereocenters. The van der Waals surface area contributed by atoms with E-state index in [4.69, 9.17) is 37.6 Å². The number of halogens is 4.